The molecule has 1 aliphatic rings. The molecule has 1 aromatic carbocycles. The Bertz CT molecular complexity index is 1310. The predicted octanol–water partition coefficient (Wildman–Crippen LogP) is 6.14. The Kier molecular flexibility index (Phi) is 9.12. The second-order valence-corrected chi connectivity index (χ2v) is 11.7. The number of amides is 2. The molecule has 0 spiro atoms. The molecule has 1 saturated heterocycles. The number of carbonyl (C=O) groups is 2. The Morgan fingerprint density at radius 3 is 2.38 bits per heavy atom. The number of aromatic nitrogens is 1. The van der Waals surface area contributed by atoms with Gasteiger partial charge in [0.15, 0.2) is 11.0 Å². The van der Waals surface area contributed by atoms with Crippen LogP contribution in [-0.2, 0) is 21.9 Å². The van der Waals surface area contributed by atoms with Gasteiger partial charge in [-0.3, -0.25) is 4.79 Å². The van der Waals surface area contributed by atoms with E-state index in [1.165, 1.54) is 43.0 Å². The first kappa shape index (κ1) is 31.2. The Morgan fingerprint density at radius 1 is 1.07 bits per heavy atom. The molecule has 1 fully saturated rings. The quantitative estimate of drug-likeness (QED) is 0.406. The molecule has 0 aliphatic carbocycles. The van der Waals surface area contributed by atoms with Gasteiger partial charge < -0.3 is 15.0 Å². The number of halogens is 5. The SMILES string of the molecule is Cc1c(C(F)(F)F)nc(N2CCCC(F)(F)CC2)c(C(=O)Nc2cccc([S@@](=O)NC(=O)OC(C)(C)C)c2)c1C. The van der Waals surface area contributed by atoms with Gasteiger partial charge in [0.1, 0.15) is 17.1 Å². The van der Waals surface area contributed by atoms with Gasteiger partial charge in [-0.25, -0.2) is 27.5 Å². The molecule has 2 amide bonds. The number of carbonyl (C=O) groups excluding carboxylic acids is 2. The number of alkyl halides is 5. The molecular formula is C26H31F5N4O4S. The monoisotopic (exact) mass is 590 g/mol. The molecule has 1 atom stereocenters. The first-order valence-corrected chi connectivity index (χ1v) is 13.6. The lowest BCUT2D eigenvalue weighted by molar-refractivity contribution is -0.141. The fourth-order valence-electron chi connectivity index (χ4n) is 4.15. The summed E-state index contributed by atoms with van der Waals surface area (Å²) in [4.78, 5) is 30.6. The molecule has 2 aromatic rings. The van der Waals surface area contributed by atoms with Crippen LogP contribution < -0.4 is 14.9 Å². The van der Waals surface area contributed by atoms with E-state index in [2.05, 4.69) is 15.0 Å². The van der Waals surface area contributed by atoms with Gasteiger partial charge in [0.05, 0.1) is 10.5 Å². The van der Waals surface area contributed by atoms with Crippen LogP contribution in [0.2, 0.25) is 0 Å². The van der Waals surface area contributed by atoms with E-state index in [9.17, 15) is 35.8 Å². The van der Waals surface area contributed by atoms with E-state index in [0.717, 1.165) is 0 Å². The van der Waals surface area contributed by atoms with Crippen molar-refractivity contribution in [3.05, 3.63) is 46.6 Å². The van der Waals surface area contributed by atoms with Crippen molar-refractivity contribution in [1.82, 2.24) is 9.71 Å². The first-order chi connectivity index (χ1) is 18.4. The van der Waals surface area contributed by atoms with Crippen LogP contribution in [0.5, 0.6) is 0 Å². The van der Waals surface area contributed by atoms with Crippen molar-refractivity contribution in [3.63, 3.8) is 0 Å². The zero-order valence-electron chi connectivity index (χ0n) is 22.7. The molecule has 0 bridgehead atoms. The Morgan fingerprint density at radius 2 is 1.75 bits per heavy atom. The minimum atomic E-state index is -4.83. The summed E-state index contributed by atoms with van der Waals surface area (Å²) in [7, 11) is -2.05. The molecule has 14 heteroatoms. The highest BCUT2D eigenvalue weighted by Gasteiger charge is 2.39. The van der Waals surface area contributed by atoms with Crippen molar-refractivity contribution in [3.8, 4) is 0 Å². The third-order valence-electron chi connectivity index (χ3n) is 6.13. The van der Waals surface area contributed by atoms with Gasteiger partial charge in [-0.2, -0.15) is 13.2 Å². The second-order valence-electron chi connectivity index (χ2n) is 10.5. The predicted molar refractivity (Wildman–Crippen MR) is 140 cm³/mol. The maximum absolute atomic E-state index is 14.0. The van der Waals surface area contributed by atoms with Gasteiger partial charge in [0.25, 0.3) is 5.91 Å². The van der Waals surface area contributed by atoms with Crippen molar-refractivity contribution in [2.75, 3.05) is 23.3 Å². The second kappa shape index (κ2) is 11.7. The minimum absolute atomic E-state index is 0.00250. The smallest absolute Gasteiger partial charge is 0.433 e. The molecule has 2 heterocycles. The third-order valence-corrected chi connectivity index (χ3v) is 7.16. The number of rotatable bonds is 5. The molecule has 0 unspecified atom stereocenters. The number of nitrogens with one attached hydrogen (secondary N) is 2. The summed E-state index contributed by atoms with van der Waals surface area (Å²) < 4.78 is 89.3. The van der Waals surface area contributed by atoms with Crippen LogP contribution in [0.25, 0.3) is 0 Å². The van der Waals surface area contributed by atoms with Crippen molar-refractivity contribution < 1.29 is 40.5 Å². The molecular weight excluding hydrogens is 559 g/mol. The molecule has 40 heavy (non-hydrogen) atoms. The number of benzene rings is 1. The van der Waals surface area contributed by atoms with E-state index >= 15 is 0 Å². The van der Waals surface area contributed by atoms with Crippen LogP contribution in [0.15, 0.2) is 29.2 Å². The normalized spacial score (nSPS) is 16.6. The summed E-state index contributed by atoms with van der Waals surface area (Å²) in [5.74, 6) is -4.14. The lowest BCUT2D eigenvalue weighted by Gasteiger charge is -2.27. The molecule has 2 N–H and O–H groups in total. The fraction of sp³-hybridized carbons (Fsp3) is 0.500. The summed E-state index contributed by atoms with van der Waals surface area (Å²) in [5, 5.41) is 2.57. The zero-order valence-corrected chi connectivity index (χ0v) is 23.5. The highest BCUT2D eigenvalue weighted by atomic mass is 32.2. The summed E-state index contributed by atoms with van der Waals surface area (Å²) in [6.45, 7) is 7.14. The van der Waals surface area contributed by atoms with E-state index in [0.29, 0.717) is 0 Å². The molecule has 1 aliphatic heterocycles. The first-order valence-electron chi connectivity index (χ1n) is 12.4. The van der Waals surface area contributed by atoms with E-state index < -0.39 is 59.2 Å². The van der Waals surface area contributed by atoms with E-state index in [1.54, 1.807) is 20.8 Å². The van der Waals surface area contributed by atoms with Crippen molar-refractivity contribution in [1.29, 1.82) is 0 Å². The lowest BCUT2D eigenvalue weighted by Crippen LogP contribution is -2.33. The maximum Gasteiger partial charge on any atom is 0.433 e. The van der Waals surface area contributed by atoms with Crippen LogP contribution in [0.3, 0.4) is 0 Å². The van der Waals surface area contributed by atoms with Crippen molar-refractivity contribution >= 4 is 34.5 Å². The van der Waals surface area contributed by atoms with E-state index in [1.807, 2.05) is 0 Å². The molecule has 3 rings (SSSR count). The highest BCUT2D eigenvalue weighted by molar-refractivity contribution is 7.83. The van der Waals surface area contributed by atoms with Crippen LogP contribution in [0.4, 0.5) is 38.3 Å². The van der Waals surface area contributed by atoms with E-state index in [4.69, 9.17) is 4.74 Å². The highest BCUT2D eigenvalue weighted by Crippen LogP contribution is 2.38. The molecule has 8 nitrogen and oxygen atoms in total. The average Bonchev–Trinajstić information content (AvgIpc) is 2.98. The topological polar surface area (TPSA) is 101 Å². The Hall–Kier alpha value is -3.29. The molecule has 0 saturated carbocycles. The minimum Gasteiger partial charge on any atom is -0.443 e. The molecule has 220 valence electrons. The number of ether oxygens (including phenoxy) is 1. The largest absolute Gasteiger partial charge is 0.443 e. The zero-order chi connectivity index (χ0) is 30.0. The summed E-state index contributed by atoms with van der Waals surface area (Å²) >= 11 is 0. The van der Waals surface area contributed by atoms with Gasteiger partial charge >= 0.3 is 12.3 Å². The maximum atomic E-state index is 14.0. The number of nitrogens with zero attached hydrogens (tertiary/aromatic N) is 2. The lowest BCUT2D eigenvalue weighted by atomic mass is 10.0. The Labute approximate surface area is 231 Å². The van der Waals surface area contributed by atoms with Crippen LogP contribution >= 0.6 is 0 Å². The summed E-state index contributed by atoms with van der Waals surface area (Å²) in [6.07, 6.45) is -6.77. The fourth-order valence-corrected chi connectivity index (χ4v) is 4.89. The number of hydrogen-bond acceptors (Lipinski definition) is 6. The van der Waals surface area contributed by atoms with Crippen LogP contribution in [0.1, 0.15) is 67.2 Å². The Balaban J connectivity index is 1.95. The van der Waals surface area contributed by atoms with Crippen LogP contribution in [0, 0.1) is 13.8 Å². The van der Waals surface area contributed by atoms with Gasteiger partial charge in [-0.15, -0.1) is 0 Å². The van der Waals surface area contributed by atoms with E-state index in [-0.39, 0.29) is 52.6 Å². The van der Waals surface area contributed by atoms with Gasteiger partial charge in [0, 0.05) is 31.6 Å². The number of anilines is 2. The van der Waals surface area contributed by atoms with Gasteiger partial charge in [-0.1, -0.05) is 6.07 Å². The number of hydrogen-bond donors (Lipinski definition) is 2. The van der Waals surface area contributed by atoms with Crippen molar-refractivity contribution in [2.24, 2.45) is 0 Å². The summed E-state index contributed by atoms with van der Waals surface area (Å²) in [6, 6.07) is 5.66. The molecule has 0 radical (unpaired) electrons. The average molecular weight is 591 g/mol. The standard InChI is InChI=1S/C26H31F5N4O4S/c1-15-16(2)20(26(29,30)31)33-21(35-12-7-10-25(27,28)11-13-35)19(15)22(36)32-17-8-6-9-18(14-17)40(38)34-23(37)39-24(3,4)5/h6,8-9,14H,7,10-13H2,1-5H3,(H,32,36)(H,34,37)/t40-/m1/s1. The van der Waals surface area contributed by atoms with Gasteiger partial charge in [0.2, 0.25) is 5.92 Å². The van der Waals surface area contributed by atoms with Crippen LogP contribution in [-0.4, -0.2) is 45.8 Å². The van der Waals surface area contributed by atoms with Gasteiger partial charge in [-0.05, 0) is 70.4 Å². The molecule has 1 aromatic heterocycles. The van der Waals surface area contributed by atoms with Crippen molar-refractivity contribution in [2.45, 2.75) is 76.5 Å². The third kappa shape index (κ3) is 7.89. The number of pyridine rings is 1. The summed E-state index contributed by atoms with van der Waals surface area (Å²) in [5.41, 5.74) is -2.34.